The van der Waals surface area contributed by atoms with E-state index in [1.807, 2.05) is 0 Å². The highest BCUT2D eigenvalue weighted by Crippen LogP contribution is 2.13. The van der Waals surface area contributed by atoms with Crippen molar-refractivity contribution in [3.8, 4) is 0 Å². The summed E-state index contributed by atoms with van der Waals surface area (Å²) in [6, 6.07) is 11.3. The smallest absolute Gasteiger partial charge is 0.270 e. The molecule has 0 spiro atoms. The van der Waals surface area contributed by atoms with Gasteiger partial charge in [0.05, 0.1) is 11.2 Å². The second kappa shape index (κ2) is 8.77. The van der Waals surface area contributed by atoms with E-state index in [1.165, 1.54) is 36.4 Å². The largest absolute Gasteiger partial charge is 0.284 e. The van der Waals surface area contributed by atoms with Gasteiger partial charge in [-0.2, -0.15) is 0 Å². The number of amides is 2. The van der Waals surface area contributed by atoms with Crippen LogP contribution in [0.4, 0.5) is 11.4 Å². The fraction of sp³-hybridized carbons (Fsp3) is 0.0588. The van der Waals surface area contributed by atoms with E-state index in [1.54, 1.807) is 12.1 Å². The van der Waals surface area contributed by atoms with Gasteiger partial charge in [-0.05, 0) is 29.8 Å². The number of carbonyl (C=O) groups is 2. The van der Waals surface area contributed by atoms with E-state index in [0.29, 0.717) is 11.3 Å². The van der Waals surface area contributed by atoms with E-state index in [4.69, 9.17) is 0 Å². The van der Waals surface area contributed by atoms with Crippen LogP contribution in [0.2, 0.25) is 0 Å². The molecule has 0 aliphatic heterocycles. The summed E-state index contributed by atoms with van der Waals surface area (Å²) in [7, 11) is -3.37. The van der Waals surface area contributed by atoms with Crippen molar-refractivity contribution in [2.24, 2.45) is 0 Å². The average molecular weight is 404 g/mol. The Balaban J connectivity index is 1.90. The molecule has 0 atom stereocenters. The molecule has 2 aromatic rings. The Kier molecular flexibility index (Phi) is 6.45. The SMILES string of the molecule is CS(=O)(=O)Nc1ccc(/C=C/C(=O)NNC(=O)c2cccc([N+](=O)[O-])c2)cc1. The van der Waals surface area contributed by atoms with Gasteiger partial charge in [0.1, 0.15) is 0 Å². The van der Waals surface area contributed by atoms with Crippen LogP contribution in [0.25, 0.3) is 6.08 Å². The molecule has 0 unspecified atom stereocenters. The zero-order valence-electron chi connectivity index (χ0n) is 14.6. The number of rotatable bonds is 6. The third-order valence-corrected chi connectivity index (χ3v) is 3.87. The summed E-state index contributed by atoms with van der Waals surface area (Å²) in [5.41, 5.74) is 5.09. The normalized spacial score (nSPS) is 11.0. The molecule has 0 aliphatic rings. The van der Waals surface area contributed by atoms with Crippen LogP contribution < -0.4 is 15.6 Å². The molecule has 0 aliphatic carbocycles. The van der Waals surface area contributed by atoms with E-state index in [-0.39, 0.29) is 11.3 Å². The van der Waals surface area contributed by atoms with Gasteiger partial charge in [0.25, 0.3) is 17.5 Å². The van der Waals surface area contributed by atoms with Crippen molar-refractivity contribution in [3.63, 3.8) is 0 Å². The number of nitrogens with one attached hydrogen (secondary N) is 3. The minimum Gasteiger partial charge on any atom is -0.284 e. The molecule has 0 heterocycles. The van der Waals surface area contributed by atoms with Crippen LogP contribution in [0.15, 0.2) is 54.6 Å². The molecular weight excluding hydrogens is 388 g/mol. The summed E-state index contributed by atoms with van der Waals surface area (Å²) in [6.45, 7) is 0. The Morgan fingerprint density at radius 2 is 1.75 bits per heavy atom. The number of nitrogens with zero attached hydrogens (tertiary/aromatic N) is 1. The minimum atomic E-state index is -3.37. The lowest BCUT2D eigenvalue weighted by molar-refractivity contribution is -0.384. The second-order valence-electron chi connectivity index (χ2n) is 5.58. The molecule has 28 heavy (non-hydrogen) atoms. The molecule has 2 amide bonds. The highest BCUT2D eigenvalue weighted by atomic mass is 32.2. The number of carbonyl (C=O) groups excluding carboxylic acids is 2. The summed E-state index contributed by atoms with van der Waals surface area (Å²) < 4.78 is 24.6. The predicted octanol–water partition coefficient (Wildman–Crippen LogP) is 1.44. The maximum Gasteiger partial charge on any atom is 0.270 e. The highest BCUT2D eigenvalue weighted by Gasteiger charge is 2.11. The molecule has 0 fully saturated rings. The van der Waals surface area contributed by atoms with Crippen molar-refractivity contribution in [2.45, 2.75) is 0 Å². The van der Waals surface area contributed by atoms with Crippen LogP contribution in [0.1, 0.15) is 15.9 Å². The van der Waals surface area contributed by atoms with Crippen molar-refractivity contribution in [1.82, 2.24) is 10.9 Å². The first kappa shape index (κ1) is 20.6. The van der Waals surface area contributed by atoms with Gasteiger partial charge >= 0.3 is 0 Å². The van der Waals surface area contributed by atoms with Crippen LogP contribution in [0, 0.1) is 10.1 Å². The van der Waals surface area contributed by atoms with Gasteiger partial charge in [-0.1, -0.05) is 18.2 Å². The van der Waals surface area contributed by atoms with Crippen LogP contribution in [0.5, 0.6) is 0 Å². The number of hydrazine groups is 1. The van der Waals surface area contributed by atoms with E-state index < -0.39 is 26.8 Å². The number of non-ortho nitro benzene ring substituents is 1. The van der Waals surface area contributed by atoms with Crippen molar-refractivity contribution in [3.05, 3.63) is 75.8 Å². The van der Waals surface area contributed by atoms with E-state index in [0.717, 1.165) is 18.4 Å². The first-order valence-electron chi connectivity index (χ1n) is 7.75. The van der Waals surface area contributed by atoms with Gasteiger partial charge < -0.3 is 0 Å². The standard InChI is InChI=1S/C17H16N4O6S/c1-28(26,27)20-14-8-5-12(6-9-14)7-10-16(22)18-19-17(23)13-3-2-4-15(11-13)21(24)25/h2-11,20H,1H3,(H,18,22)(H,19,23)/b10-7+. The summed E-state index contributed by atoms with van der Waals surface area (Å²) in [4.78, 5) is 33.8. The average Bonchev–Trinajstić information content (AvgIpc) is 2.64. The number of sulfonamides is 1. The lowest BCUT2D eigenvalue weighted by atomic mass is 10.2. The molecule has 10 nitrogen and oxygen atoms in total. The second-order valence-corrected chi connectivity index (χ2v) is 7.33. The fourth-order valence-electron chi connectivity index (χ4n) is 2.04. The summed E-state index contributed by atoms with van der Waals surface area (Å²) in [5.74, 6) is -1.33. The number of hydrogen-bond acceptors (Lipinski definition) is 6. The van der Waals surface area contributed by atoms with Crippen LogP contribution >= 0.6 is 0 Å². The molecule has 146 valence electrons. The molecule has 0 bridgehead atoms. The fourth-order valence-corrected chi connectivity index (χ4v) is 2.61. The van der Waals surface area contributed by atoms with E-state index in [9.17, 15) is 28.1 Å². The van der Waals surface area contributed by atoms with Gasteiger partial charge in [-0.25, -0.2) is 8.42 Å². The molecule has 0 saturated carbocycles. The van der Waals surface area contributed by atoms with Crippen molar-refractivity contribution >= 4 is 39.3 Å². The Morgan fingerprint density at radius 3 is 2.36 bits per heavy atom. The van der Waals surface area contributed by atoms with Crippen LogP contribution in [-0.4, -0.2) is 31.4 Å². The van der Waals surface area contributed by atoms with Crippen LogP contribution in [0.3, 0.4) is 0 Å². The Hall–Kier alpha value is -3.73. The van der Waals surface area contributed by atoms with Gasteiger partial charge in [0, 0.05) is 29.5 Å². The quantitative estimate of drug-likeness (QED) is 0.377. The van der Waals surface area contributed by atoms with Gasteiger partial charge in [0.15, 0.2) is 0 Å². The Bertz CT molecular complexity index is 1030. The van der Waals surface area contributed by atoms with Gasteiger partial charge in [-0.3, -0.25) is 35.3 Å². The first-order valence-corrected chi connectivity index (χ1v) is 9.64. The number of benzene rings is 2. The molecule has 0 aromatic heterocycles. The van der Waals surface area contributed by atoms with Gasteiger partial charge in [-0.15, -0.1) is 0 Å². The predicted molar refractivity (Wildman–Crippen MR) is 103 cm³/mol. The van der Waals surface area contributed by atoms with Crippen molar-refractivity contribution in [2.75, 3.05) is 11.0 Å². The van der Waals surface area contributed by atoms with Gasteiger partial charge in [0.2, 0.25) is 10.0 Å². The molecular formula is C17H16N4O6S. The zero-order valence-corrected chi connectivity index (χ0v) is 15.4. The highest BCUT2D eigenvalue weighted by molar-refractivity contribution is 7.92. The van der Waals surface area contributed by atoms with Crippen molar-refractivity contribution < 1.29 is 22.9 Å². The molecule has 2 rings (SSSR count). The Morgan fingerprint density at radius 1 is 1.07 bits per heavy atom. The number of hydrogen-bond donors (Lipinski definition) is 3. The summed E-state index contributed by atoms with van der Waals surface area (Å²) >= 11 is 0. The molecule has 0 saturated heterocycles. The maximum absolute atomic E-state index is 11.9. The zero-order chi connectivity index (χ0) is 20.7. The third kappa shape index (κ3) is 6.53. The molecule has 11 heteroatoms. The Labute approximate surface area is 160 Å². The van der Waals surface area contributed by atoms with E-state index >= 15 is 0 Å². The summed E-state index contributed by atoms with van der Waals surface area (Å²) in [6.07, 6.45) is 3.65. The lowest BCUT2D eigenvalue weighted by Gasteiger charge is -2.05. The molecule has 2 aromatic carbocycles. The maximum atomic E-state index is 11.9. The third-order valence-electron chi connectivity index (χ3n) is 3.26. The minimum absolute atomic E-state index is 0.0208. The topological polar surface area (TPSA) is 148 Å². The lowest BCUT2D eigenvalue weighted by Crippen LogP contribution is -2.40. The number of nitro groups is 1. The van der Waals surface area contributed by atoms with E-state index in [2.05, 4.69) is 15.6 Å². The monoisotopic (exact) mass is 404 g/mol. The number of nitro benzene ring substituents is 1. The first-order chi connectivity index (χ1) is 13.1. The summed E-state index contributed by atoms with van der Waals surface area (Å²) in [5, 5.41) is 10.7. The van der Waals surface area contributed by atoms with Crippen LogP contribution in [-0.2, 0) is 14.8 Å². The molecule has 0 radical (unpaired) electrons. The molecule has 3 N–H and O–H groups in total. The number of anilines is 1. The van der Waals surface area contributed by atoms with Crippen molar-refractivity contribution in [1.29, 1.82) is 0 Å².